The molecule has 0 aliphatic rings. The first-order valence-electron chi connectivity index (χ1n) is 7.16. The third-order valence-corrected chi connectivity index (χ3v) is 3.18. The van der Waals surface area contributed by atoms with Crippen LogP contribution >= 0.6 is 0 Å². The number of non-ortho nitro benzene ring substituents is 1. The van der Waals surface area contributed by atoms with Crippen molar-refractivity contribution in [2.45, 2.75) is 0 Å². The highest BCUT2D eigenvalue weighted by atomic mass is 16.6. The van der Waals surface area contributed by atoms with E-state index in [0.29, 0.717) is 5.75 Å². The minimum Gasteiger partial charge on any atom is -0.497 e. The Bertz CT molecular complexity index is 798. The average Bonchev–Trinajstić information content (AvgIpc) is 2.64. The number of nitro benzene ring substituents is 1. The van der Waals surface area contributed by atoms with Crippen molar-refractivity contribution < 1.29 is 19.2 Å². The van der Waals surface area contributed by atoms with E-state index in [9.17, 15) is 19.7 Å². The van der Waals surface area contributed by atoms with Gasteiger partial charge in [0.2, 0.25) is 0 Å². The number of nitrogens with one attached hydrogen (secondary N) is 2. The van der Waals surface area contributed by atoms with Gasteiger partial charge < -0.3 is 4.74 Å². The Hall–Kier alpha value is -3.68. The predicted molar refractivity (Wildman–Crippen MR) is 90.7 cm³/mol. The lowest BCUT2D eigenvalue weighted by molar-refractivity contribution is -0.384. The SMILES string of the molecule is COc1ccc(C=CC(=O)NNC(=O)c2ccc([N+](=O)[O-])cc2)cc1. The zero-order valence-corrected chi connectivity index (χ0v) is 13.3. The number of benzene rings is 2. The van der Waals surface area contributed by atoms with E-state index < -0.39 is 16.7 Å². The molecule has 0 bridgehead atoms. The van der Waals surface area contributed by atoms with Crippen LogP contribution in [0.15, 0.2) is 54.6 Å². The summed E-state index contributed by atoms with van der Waals surface area (Å²) in [6.45, 7) is 0. The lowest BCUT2D eigenvalue weighted by atomic mass is 10.2. The van der Waals surface area contributed by atoms with Crippen LogP contribution in [0.3, 0.4) is 0 Å². The molecule has 0 radical (unpaired) electrons. The smallest absolute Gasteiger partial charge is 0.269 e. The molecule has 0 aliphatic carbocycles. The molecule has 0 spiro atoms. The Morgan fingerprint density at radius 3 is 2.24 bits per heavy atom. The number of ether oxygens (including phenoxy) is 1. The van der Waals surface area contributed by atoms with Crippen molar-refractivity contribution in [3.05, 3.63) is 75.8 Å². The summed E-state index contributed by atoms with van der Waals surface area (Å²) >= 11 is 0. The van der Waals surface area contributed by atoms with Crippen LogP contribution in [-0.4, -0.2) is 23.8 Å². The zero-order valence-electron chi connectivity index (χ0n) is 13.3. The molecule has 0 heterocycles. The summed E-state index contributed by atoms with van der Waals surface area (Å²) in [6.07, 6.45) is 2.84. The molecular weight excluding hydrogens is 326 g/mol. The summed E-state index contributed by atoms with van der Waals surface area (Å²) in [4.78, 5) is 33.5. The van der Waals surface area contributed by atoms with E-state index in [4.69, 9.17) is 4.74 Å². The van der Waals surface area contributed by atoms with Crippen LogP contribution in [0.2, 0.25) is 0 Å². The molecule has 2 amide bonds. The number of carbonyl (C=O) groups excluding carboxylic acids is 2. The van der Waals surface area contributed by atoms with Crippen molar-refractivity contribution in [3.63, 3.8) is 0 Å². The fraction of sp³-hybridized carbons (Fsp3) is 0.0588. The topological polar surface area (TPSA) is 111 Å². The standard InChI is InChI=1S/C17H15N3O5/c1-25-15-9-2-12(3-10-15)4-11-16(21)18-19-17(22)13-5-7-14(8-6-13)20(23)24/h2-11H,1H3,(H,18,21)(H,19,22). The van der Waals surface area contributed by atoms with Crippen LogP contribution in [0.1, 0.15) is 15.9 Å². The Kier molecular flexibility index (Phi) is 5.83. The van der Waals surface area contributed by atoms with Crippen molar-refractivity contribution in [3.8, 4) is 5.75 Å². The fourth-order valence-corrected chi connectivity index (χ4v) is 1.85. The van der Waals surface area contributed by atoms with E-state index in [1.807, 2.05) is 0 Å². The number of carbonyl (C=O) groups is 2. The second kappa shape index (κ2) is 8.25. The van der Waals surface area contributed by atoms with Gasteiger partial charge in [-0.3, -0.25) is 30.6 Å². The van der Waals surface area contributed by atoms with Crippen LogP contribution in [0.4, 0.5) is 5.69 Å². The van der Waals surface area contributed by atoms with Crippen LogP contribution in [0.25, 0.3) is 6.08 Å². The monoisotopic (exact) mass is 341 g/mol. The number of rotatable bonds is 5. The van der Waals surface area contributed by atoms with Crippen LogP contribution in [-0.2, 0) is 4.79 Å². The first-order chi connectivity index (χ1) is 12.0. The molecule has 0 aliphatic heterocycles. The van der Waals surface area contributed by atoms with Gasteiger partial charge in [-0.25, -0.2) is 0 Å². The van der Waals surface area contributed by atoms with Crippen LogP contribution in [0, 0.1) is 10.1 Å². The third kappa shape index (κ3) is 5.17. The van der Waals surface area contributed by atoms with Crippen LogP contribution < -0.4 is 15.6 Å². The van der Waals surface area contributed by atoms with E-state index in [0.717, 1.165) is 5.56 Å². The normalized spacial score (nSPS) is 10.3. The van der Waals surface area contributed by atoms with Gasteiger partial charge in [-0.1, -0.05) is 12.1 Å². The summed E-state index contributed by atoms with van der Waals surface area (Å²) in [7, 11) is 1.56. The van der Waals surface area contributed by atoms with Gasteiger partial charge in [0.1, 0.15) is 5.75 Å². The van der Waals surface area contributed by atoms with Crippen molar-refractivity contribution >= 4 is 23.6 Å². The molecule has 2 aromatic carbocycles. The highest BCUT2D eigenvalue weighted by Gasteiger charge is 2.09. The Morgan fingerprint density at radius 2 is 1.68 bits per heavy atom. The summed E-state index contributed by atoms with van der Waals surface area (Å²) in [6, 6.07) is 12.1. The number of hydrogen-bond acceptors (Lipinski definition) is 5. The van der Waals surface area contributed by atoms with Gasteiger partial charge in [-0.05, 0) is 35.9 Å². The van der Waals surface area contributed by atoms with Crippen molar-refractivity contribution in [2.24, 2.45) is 0 Å². The van der Waals surface area contributed by atoms with Gasteiger partial charge in [0, 0.05) is 23.8 Å². The number of amides is 2. The maximum absolute atomic E-state index is 11.8. The number of methoxy groups -OCH3 is 1. The molecule has 25 heavy (non-hydrogen) atoms. The molecular formula is C17H15N3O5. The average molecular weight is 341 g/mol. The number of hydrazine groups is 1. The van der Waals surface area contributed by atoms with Gasteiger partial charge in [0.15, 0.2) is 0 Å². The van der Waals surface area contributed by atoms with E-state index >= 15 is 0 Å². The lowest BCUT2D eigenvalue weighted by Gasteiger charge is -2.05. The highest BCUT2D eigenvalue weighted by Crippen LogP contribution is 2.12. The Balaban J connectivity index is 1.86. The number of nitro groups is 1. The van der Waals surface area contributed by atoms with Crippen molar-refractivity contribution in [2.75, 3.05) is 7.11 Å². The number of hydrogen-bond donors (Lipinski definition) is 2. The third-order valence-electron chi connectivity index (χ3n) is 3.18. The van der Waals surface area contributed by atoms with E-state index in [1.54, 1.807) is 37.5 Å². The molecule has 128 valence electrons. The molecule has 0 fully saturated rings. The molecule has 2 N–H and O–H groups in total. The van der Waals surface area contributed by atoms with E-state index in [2.05, 4.69) is 10.9 Å². The maximum atomic E-state index is 11.8. The summed E-state index contributed by atoms with van der Waals surface area (Å²) in [5.41, 5.74) is 5.30. The number of nitrogens with zero attached hydrogens (tertiary/aromatic N) is 1. The molecule has 0 unspecified atom stereocenters. The molecule has 8 heteroatoms. The van der Waals surface area contributed by atoms with Crippen molar-refractivity contribution in [1.82, 2.24) is 10.9 Å². The lowest BCUT2D eigenvalue weighted by Crippen LogP contribution is -2.40. The molecule has 2 aromatic rings. The highest BCUT2D eigenvalue weighted by molar-refractivity contribution is 5.98. The molecule has 0 atom stereocenters. The maximum Gasteiger partial charge on any atom is 0.269 e. The van der Waals surface area contributed by atoms with Crippen molar-refractivity contribution in [1.29, 1.82) is 0 Å². The Labute approximate surface area is 143 Å². The fourth-order valence-electron chi connectivity index (χ4n) is 1.85. The van der Waals surface area contributed by atoms with Gasteiger partial charge >= 0.3 is 0 Å². The van der Waals surface area contributed by atoms with Gasteiger partial charge in [0.25, 0.3) is 17.5 Å². The molecule has 0 saturated carbocycles. The summed E-state index contributed by atoms with van der Waals surface area (Å²) < 4.78 is 5.03. The van der Waals surface area contributed by atoms with Gasteiger partial charge in [-0.2, -0.15) is 0 Å². The minimum absolute atomic E-state index is 0.122. The predicted octanol–water partition coefficient (Wildman–Crippen LogP) is 2.08. The van der Waals surface area contributed by atoms with E-state index in [1.165, 1.54) is 30.3 Å². The second-order valence-electron chi connectivity index (χ2n) is 4.85. The second-order valence-corrected chi connectivity index (χ2v) is 4.85. The Morgan fingerprint density at radius 1 is 1.04 bits per heavy atom. The van der Waals surface area contributed by atoms with Crippen LogP contribution in [0.5, 0.6) is 5.75 Å². The molecule has 8 nitrogen and oxygen atoms in total. The van der Waals surface area contributed by atoms with Gasteiger partial charge in [-0.15, -0.1) is 0 Å². The molecule has 2 rings (SSSR count). The quantitative estimate of drug-likeness (QED) is 0.491. The van der Waals surface area contributed by atoms with E-state index in [-0.39, 0.29) is 11.3 Å². The largest absolute Gasteiger partial charge is 0.497 e. The summed E-state index contributed by atoms with van der Waals surface area (Å²) in [5, 5.41) is 10.6. The van der Waals surface area contributed by atoms with Gasteiger partial charge in [0.05, 0.1) is 12.0 Å². The first-order valence-corrected chi connectivity index (χ1v) is 7.16. The zero-order chi connectivity index (χ0) is 18.2. The minimum atomic E-state index is -0.582. The molecule has 0 saturated heterocycles. The summed E-state index contributed by atoms with van der Waals surface area (Å²) in [5.74, 6) is -0.399. The molecule has 0 aromatic heterocycles. The first kappa shape index (κ1) is 17.7.